The van der Waals surface area contributed by atoms with Crippen LogP contribution in [0.25, 0.3) is 0 Å². The largest absolute Gasteiger partial charge is 0.493 e. The lowest BCUT2D eigenvalue weighted by molar-refractivity contribution is -0.128. The van der Waals surface area contributed by atoms with Crippen LogP contribution in [0.4, 0.5) is 28.4 Å². The van der Waals surface area contributed by atoms with Crippen LogP contribution in [0.1, 0.15) is 71.1 Å². The molecule has 378 valence electrons. The molecule has 5 amide bonds. The lowest BCUT2D eigenvalue weighted by Crippen LogP contribution is -2.43. The molecule has 17 nitrogen and oxygen atoms in total. The normalized spacial score (nSPS) is 17.3. The third kappa shape index (κ3) is 11.4. The van der Waals surface area contributed by atoms with E-state index in [4.69, 9.17) is 35.4 Å². The van der Waals surface area contributed by atoms with E-state index < -0.39 is 37.0 Å². The van der Waals surface area contributed by atoms with E-state index in [0.29, 0.717) is 75.8 Å². The summed E-state index contributed by atoms with van der Waals surface area (Å²) in [5, 5.41) is 22.1. The number of aliphatic hydroxyl groups excluding tert-OH is 1. The number of nitrogens with one attached hydrogen (secondary N) is 4. The van der Waals surface area contributed by atoms with Gasteiger partial charge in [-0.15, -0.1) is 9.45 Å². The maximum atomic E-state index is 13.8. The smallest absolute Gasteiger partial charge is 0.261 e. The Balaban J connectivity index is 0.869. The van der Waals surface area contributed by atoms with Crippen LogP contribution in [0.5, 0.6) is 17.2 Å². The minimum atomic E-state index is -0.989. The number of carbonyl (C=O) groups is 5. The predicted octanol–water partition coefficient (Wildman–Crippen LogP) is 5.83. The van der Waals surface area contributed by atoms with Gasteiger partial charge in [-0.25, -0.2) is 0 Å². The summed E-state index contributed by atoms with van der Waals surface area (Å²) in [6.45, 7) is 2.96. The molecule has 0 bridgehead atoms. The molecule has 0 spiro atoms. The van der Waals surface area contributed by atoms with E-state index in [1.54, 1.807) is 53.6 Å². The molecule has 4 heterocycles. The van der Waals surface area contributed by atoms with Gasteiger partial charge in [0.15, 0.2) is 17.7 Å². The zero-order valence-electron chi connectivity index (χ0n) is 40.8. The number of fused-ring (bicyclic) bond motifs is 8. The Labute approximate surface area is 430 Å². The van der Waals surface area contributed by atoms with Gasteiger partial charge in [-0.05, 0) is 83.5 Å². The molecule has 0 saturated carbocycles. The quantitative estimate of drug-likeness (QED) is 0.0704. The lowest BCUT2D eigenvalue weighted by atomic mass is 10.1. The number of hydrogen-bond donors (Lipinski definition) is 5. The lowest BCUT2D eigenvalue weighted by Gasteiger charge is -2.29. The van der Waals surface area contributed by atoms with Gasteiger partial charge >= 0.3 is 0 Å². The summed E-state index contributed by atoms with van der Waals surface area (Å²) in [7, 11) is 1.22. The van der Waals surface area contributed by atoms with E-state index >= 15 is 0 Å². The first-order valence-electron chi connectivity index (χ1n) is 23.9. The molecule has 19 heteroatoms. The number of amides is 5. The highest BCUT2D eigenvalue weighted by Gasteiger charge is 2.38. The third-order valence-corrected chi connectivity index (χ3v) is 16.4. The average molecular weight is 1030 g/mol. The van der Waals surface area contributed by atoms with E-state index in [1.807, 2.05) is 79.7 Å². The third-order valence-electron chi connectivity index (χ3n) is 13.3. The summed E-state index contributed by atoms with van der Waals surface area (Å²) < 4.78 is 18.3. The molecule has 4 aliphatic heterocycles. The van der Waals surface area contributed by atoms with Crippen LogP contribution in [0, 0.1) is 0 Å². The van der Waals surface area contributed by atoms with E-state index in [1.165, 1.54) is 7.11 Å². The SMILES string of the molecule is COc1cc2c(cc1OCc1cc(COc3ccc4c(c3)N=C[C@@H]3Cc5ccccc5N3C4=O)cc(NC(=O)CNC(=O)CNC(=O)CNC(=O)CCC(C)(C)S(C)=S)c1)N=C[C@@H]1Cc3ccccc3N1C2O. The van der Waals surface area contributed by atoms with Crippen molar-refractivity contribution in [2.24, 2.45) is 9.98 Å². The van der Waals surface area contributed by atoms with Crippen LogP contribution in [-0.4, -0.2) is 96.9 Å². The summed E-state index contributed by atoms with van der Waals surface area (Å²) >= 11 is 5.38. The van der Waals surface area contributed by atoms with E-state index in [9.17, 15) is 29.1 Å². The summed E-state index contributed by atoms with van der Waals surface area (Å²) in [4.78, 5) is 77.8. The molecule has 4 aliphatic rings. The van der Waals surface area contributed by atoms with Crippen LogP contribution in [-0.2, 0) is 65.9 Å². The summed E-state index contributed by atoms with van der Waals surface area (Å²) in [6.07, 6.45) is 6.78. The van der Waals surface area contributed by atoms with Gasteiger partial charge in [0.05, 0.1) is 55.8 Å². The minimum absolute atomic E-state index is 0.0135. The molecule has 0 aliphatic carbocycles. The number of methoxy groups -OCH3 is 1. The van der Waals surface area contributed by atoms with Crippen molar-refractivity contribution in [3.63, 3.8) is 0 Å². The van der Waals surface area contributed by atoms with Crippen molar-refractivity contribution < 1.29 is 43.3 Å². The zero-order valence-corrected chi connectivity index (χ0v) is 42.4. The van der Waals surface area contributed by atoms with Gasteiger partial charge in [0.25, 0.3) is 5.91 Å². The number of anilines is 3. The predicted molar refractivity (Wildman–Crippen MR) is 285 cm³/mol. The molecular formula is C54H56N8O9S2. The summed E-state index contributed by atoms with van der Waals surface area (Å²) in [5.41, 5.74) is 7.78. The molecule has 5 aromatic carbocycles. The Kier molecular flexibility index (Phi) is 15.0. The fourth-order valence-electron chi connectivity index (χ4n) is 9.17. The molecule has 5 N–H and O–H groups in total. The Hall–Kier alpha value is -7.48. The highest BCUT2D eigenvalue weighted by molar-refractivity contribution is 8.29. The summed E-state index contributed by atoms with van der Waals surface area (Å²) in [5.74, 6) is -0.908. The van der Waals surface area contributed by atoms with E-state index in [0.717, 1.165) is 22.5 Å². The number of benzene rings is 5. The maximum absolute atomic E-state index is 13.8. The minimum Gasteiger partial charge on any atom is -0.493 e. The monoisotopic (exact) mass is 1020 g/mol. The van der Waals surface area contributed by atoms with Gasteiger partial charge in [0.1, 0.15) is 19.0 Å². The fraction of sp³-hybridized carbons (Fsp3) is 0.315. The molecule has 2 unspecified atom stereocenters. The van der Waals surface area contributed by atoms with Crippen molar-refractivity contribution in [1.29, 1.82) is 0 Å². The van der Waals surface area contributed by atoms with Gasteiger partial charge in [-0.3, -0.25) is 38.9 Å². The van der Waals surface area contributed by atoms with Crippen LogP contribution in [0.15, 0.2) is 107 Å². The van der Waals surface area contributed by atoms with Gasteiger partial charge in [0.2, 0.25) is 23.6 Å². The topological polar surface area (TPSA) is 213 Å². The van der Waals surface area contributed by atoms with Gasteiger partial charge < -0.3 is 45.5 Å². The molecule has 73 heavy (non-hydrogen) atoms. The molecule has 0 aromatic heterocycles. The van der Waals surface area contributed by atoms with Crippen LogP contribution < -0.4 is 45.3 Å². The van der Waals surface area contributed by atoms with Gasteiger partial charge in [0, 0.05) is 71.2 Å². The van der Waals surface area contributed by atoms with Gasteiger partial charge in [-0.1, -0.05) is 61.4 Å². The first kappa shape index (κ1) is 50.5. The Morgan fingerprint density at radius 3 is 2.07 bits per heavy atom. The Morgan fingerprint density at radius 1 is 0.740 bits per heavy atom. The Bertz CT molecular complexity index is 3090. The number of ether oxygens (including phenoxy) is 3. The van der Waals surface area contributed by atoms with E-state index in [2.05, 4.69) is 27.3 Å². The Morgan fingerprint density at radius 2 is 1.36 bits per heavy atom. The van der Waals surface area contributed by atoms with Crippen molar-refractivity contribution in [2.75, 3.05) is 48.1 Å². The number of carbonyl (C=O) groups excluding carboxylic acids is 5. The van der Waals surface area contributed by atoms with Crippen molar-refractivity contribution in [3.8, 4) is 17.2 Å². The molecular weight excluding hydrogens is 969 g/mol. The zero-order chi connectivity index (χ0) is 51.4. The molecule has 0 fully saturated rings. The van der Waals surface area contributed by atoms with Crippen LogP contribution >= 0.6 is 0 Å². The van der Waals surface area contributed by atoms with Crippen LogP contribution in [0.3, 0.4) is 0 Å². The highest BCUT2D eigenvalue weighted by atomic mass is 32.8. The second-order valence-corrected chi connectivity index (χ2v) is 22.3. The number of nitrogens with zero attached hydrogens (tertiary/aromatic N) is 4. The van der Waals surface area contributed by atoms with Gasteiger partial charge in [-0.2, -0.15) is 0 Å². The number of rotatable bonds is 18. The van der Waals surface area contributed by atoms with E-state index in [-0.39, 0.29) is 64.3 Å². The van der Waals surface area contributed by atoms with Crippen molar-refractivity contribution in [1.82, 2.24) is 16.0 Å². The van der Waals surface area contributed by atoms with Crippen molar-refractivity contribution in [3.05, 3.63) is 130 Å². The van der Waals surface area contributed by atoms with Crippen molar-refractivity contribution in [2.45, 2.75) is 75.8 Å². The molecule has 4 atom stereocenters. The first-order valence-corrected chi connectivity index (χ1v) is 26.4. The summed E-state index contributed by atoms with van der Waals surface area (Å²) in [6, 6.07) is 29.5. The number of hydrogen-bond acceptors (Lipinski definition) is 13. The standard InChI is InChI=1S/C54H56N8O9S2/c1-54(2,73(4)72)16-15-48(63)57-27-49(64)58-28-50(65)59-29-51(66)60-36-18-32(30-70-39-13-14-40-42(22-39)55-25-37-20-34-9-5-7-11-44(34)61(37)52(40)67)17-33(19-36)31-71-47-24-43-41(23-46(47)69-3)53(68)62-38(26-56-43)21-35-10-6-8-12-45(35)62/h5-14,17-19,22-26,37-38,53,68H,15-16,20-21,27-31H2,1-4H3,(H,57,63)(H,58,64)(H,59,65)(H,60,66)/t37-,38-,53?,73?/m0/s1. The van der Waals surface area contributed by atoms with Crippen LogP contribution in [0.2, 0.25) is 0 Å². The average Bonchev–Trinajstić information content (AvgIpc) is 3.87. The molecule has 0 saturated heterocycles. The maximum Gasteiger partial charge on any atom is 0.261 e. The molecule has 5 aromatic rings. The fourth-order valence-corrected chi connectivity index (χ4v) is 9.81. The molecule has 9 rings (SSSR count). The number of aliphatic hydroxyl groups is 1. The highest BCUT2D eigenvalue weighted by Crippen LogP contribution is 2.45. The number of para-hydroxylation sites is 2. The number of aliphatic imine (C=N–C) groups is 2. The molecule has 0 radical (unpaired) electrons. The second-order valence-electron chi connectivity index (χ2n) is 18.8. The second kappa shape index (κ2) is 21.7. The first-order chi connectivity index (χ1) is 35.1. The van der Waals surface area contributed by atoms with Crippen molar-refractivity contribution >= 4 is 91.0 Å².